The summed E-state index contributed by atoms with van der Waals surface area (Å²) in [5, 5.41) is 6.66. The molecule has 0 saturated carbocycles. The van der Waals surface area contributed by atoms with Crippen molar-refractivity contribution in [3.63, 3.8) is 0 Å². The van der Waals surface area contributed by atoms with Gasteiger partial charge in [-0.25, -0.2) is 4.98 Å². The number of para-hydroxylation sites is 1. The second-order valence-electron chi connectivity index (χ2n) is 4.13. The quantitative estimate of drug-likeness (QED) is 0.666. The van der Waals surface area contributed by atoms with Crippen LogP contribution in [0.25, 0.3) is 22.4 Å². The first-order chi connectivity index (χ1) is 8.18. The number of aromatic nitrogens is 4. The van der Waals surface area contributed by atoms with E-state index in [1.54, 1.807) is 6.20 Å². The van der Waals surface area contributed by atoms with Gasteiger partial charge < -0.3 is 10.3 Å². The lowest BCUT2D eigenvalue weighted by molar-refractivity contribution is 0.956. The fraction of sp³-hybridized carbons (Fsp3) is 0.167. The highest BCUT2D eigenvalue weighted by Gasteiger charge is 2.14. The van der Waals surface area contributed by atoms with Gasteiger partial charge in [-0.1, -0.05) is 12.1 Å². The Kier molecular flexibility index (Phi) is 1.95. The van der Waals surface area contributed by atoms with Crippen LogP contribution in [0.5, 0.6) is 0 Å². The minimum absolute atomic E-state index is 0.543. The first kappa shape index (κ1) is 9.89. The second kappa shape index (κ2) is 3.35. The number of nitrogens with zero attached hydrogens (tertiary/aromatic N) is 3. The van der Waals surface area contributed by atoms with Gasteiger partial charge in [-0.2, -0.15) is 5.10 Å². The summed E-state index contributed by atoms with van der Waals surface area (Å²) in [4.78, 5) is 4.60. The summed E-state index contributed by atoms with van der Waals surface area (Å²) in [5.41, 5.74) is 9.97. The molecule has 0 aliphatic carbocycles. The van der Waals surface area contributed by atoms with Gasteiger partial charge in [0.1, 0.15) is 11.6 Å². The van der Waals surface area contributed by atoms with Crippen LogP contribution >= 0.6 is 0 Å². The summed E-state index contributed by atoms with van der Waals surface area (Å²) in [6.07, 6.45) is 1.70. The van der Waals surface area contributed by atoms with Crippen LogP contribution in [0.4, 0.5) is 5.82 Å². The number of nitrogens with one attached hydrogen (secondary N) is 1. The van der Waals surface area contributed by atoms with Gasteiger partial charge in [-0.05, 0) is 18.6 Å². The molecule has 2 heterocycles. The first-order valence-corrected chi connectivity index (χ1v) is 5.39. The largest absolute Gasteiger partial charge is 0.383 e. The van der Waals surface area contributed by atoms with Gasteiger partial charge in [-0.15, -0.1) is 0 Å². The summed E-state index contributed by atoms with van der Waals surface area (Å²) in [5.74, 6) is 1.38. The number of rotatable bonds is 1. The van der Waals surface area contributed by atoms with E-state index in [1.165, 1.54) is 5.56 Å². The van der Waals surface area contributed by atoms with Crippen LogP contribution in [0.15, 0.2) is 24.4 Å². The van der Waals surface area contributed by atoms with Gasteiger partial charge >= 0.3 is 0 Å². The monoisotopic (exact) mass is 227 g/mol. The number of benzene rings is 1. The molecule has 3 rings (SSSR count). The Balaban J connectivity index is 2.36. The van der Waals surface area contributed by atoms with E-state index in [0.717, 1.165) is 22.4 Å². The lowest BCUT2D eigenvalue weighted by atomic mass is 10.2. The number of hydrogen-bond donors (Lipinski definition) is 2. The molecule has 86 valence electrons. The normalized spacial score (nSPS) is 11.2. The molecule has 0 radical (unpaired) electrons. The number of fused-ring (bicyclic) bond motifs is 1. The van der Waals surface area contributed by atoms with Crippen LogP contribution in [-0.4, -0.2) is 19.7 Å². The predicted molar refractivity (Wildman–Crippen MR) is 67.4 cm³/mol. The summed E-state index contributed by atoms with van der Waals surface area (Å²) in [6.45, 7) is 2.08. The van der Waals surface area contributed by atoms with Gasteiger partial charge in [0.15, 0.2) is 0 Å². The molecule has 0 atom stereocenters. The Bertz CT molecular complexity index is 692. The zero-order chi connectivity index (χ0) is 12.0. The summed E-state index contributed by atoms with van der Waals surface area (Å²) >= 11 is 0. The maximum atomic E-state index is 5.83. The predicted octanol–water partition coefficient (Wildman–Crippen LogP) is 1.85. The Labute approximate surface area is 98.3 Å². The zero-order valence-electron chi connectivity index (χ0n) is 9.73. The maximum absolute atomic E-state index is 5.83. The third-order valence-corrected chi connectivity index (χ3v) is 3.01. The second-order valence-corrected chi connectivity index (χ2v) is 4.13. The van der Waals surface area contributed by atoms with Gasteiger partial charge in [0, 0.05) is 7.05 Å². The van der Waals surface area contributed by atoms with Crippen molar-refractivity contribution in [1.29, 1.82) is 0 Å². The van der Waals surface area contributed by atoms with Crippen molar-refractivity contribution in [1.82, 2.24) is 19.7 Å². The van der Waals surface area contributed by atoms with Crippen LogP contribution in [0.2, 0.25) is 0 Å². The Morgan fingerprint density at radius 2 is 2.18 bits per heavy atom. The molecule has 5 nitrogen and oxygen atoms in total. The summed E-state index contributed by atoms with van der Waals surface area (Å²) in [7, 11) is 1.99. The van der Waals surface area contributed by atoms with Gasteiger partial charge in [0.25, 0.3) is 0 Å². The maximum Gasteiger partial charge on any atom is 0.146 e. The molecule has 0 aliphatic heterocycles. The molecule has 17 heavy (non-hydrogen) atoms. The summed E-state index contributed by atoms with van der Waals surface area (Å²) in [6, 6.07) is 6.09. The Morgan fingerprint density at radius 3 is 2.82 bits per heavy atom. The number of anilines is 1. The SMILES string of the molecule is Cc1cccc2nc(-c3cn[nH]c3N)n(C)c12. The standard InChI is InChI=1S/C12H13N5/c1-7-4-3-5-9-10(7)17(2)12(15-9)8-6-14-16-11(8)13/h3-6H,1-2H3,(H3,13,14,16). The molecular weight excluding hydrogens is 214 g/mol. The molecule has 0 fully saturated rings. The third-order valence-electron chi connectivity index (χ3n) is 3.01. The number of aryl methyl sites for hydroxylation is 2. The number of hydrogen-bond acceptors (Lipinski definition) is 3. The topological polar surface area (TPSA) is 72.5 Å². The number of nitrogens with two attached hydrogens (primary N) is 1. The molecule has 2 aromatic heterocycles. The highest BCUT2D eigenvalue weighted by molar-refractivity contribution is 5.84. The van der Waals surface area contributed by atoms with Crippen molar-refractivity contribution in [3.05, 3.63) is 30.0 Å². The van der Waals surface area contributed by atoms with Crippen molar-refractivity contribution in [2.75, 3.05) is 5.73 Å². The van der Waals surface area contributed by atoms with Crippen LogP contribution in [0.3, 0.4) is 0 Å². The van der Waals surface area contributed by atoms with E-state index in [-0.39, 0.29) is 0 Å². The zero-order valence-corrected chi connectivity index (χ0v) is 9.73. The first-order valence-electron chi connectivity index (χ1n) is 5.39. The fourth-order valence-corrected chi connectivity index (χ4v) is 2.18. The summed E-state index contributed by atoms with van der Waals surface area (Å²) < 4.78 is 2.05. The molecule has 5 heteroatoms. The number of nitrogen functional groups attached to an aromatic ring is 1. The molecule has 1 aromatic carbocycles. The van der Waals surface area contributed by atoms with Gasteiger partial charge in [0.05, 0.1) is 22.8 Å². The fourth-order valence-electron chi connectivity index (χ4n) is 2.18. The molecule has 3 N–H and O–H groups in total. The van der Waals surface area contributed by atoms with E-state index in [4.69, 9.17) is 5.73 Å². The molecule has 0 bridgehead atoms. The van der Waals surface area contributed by atoms with Crippen molar-refractivity contribution < 1.29 is 0 Å². The van der Waals surface area contributed by atoms with E-state index in [0.29, 0.717) is 5.82 Å². The molecule has 0 saturated heterocycles. The highest BCUT2D eigenvalue weighted by Crippen LogP contribution is 2.27. The lowest BCUT2D eigenvalue weighted by Crippen LogP contribution is -1.95. The smallest absolute Gasteiger partial charge is 0.146 e. The lowest BCUT2D eigenvalue weighted by Gasteiger charge is -2.02. The van der Waals surface area contributed by atoms with Crippen molar-refractivity contribution in [3.8, 4) is 11.4 Å². The molecular formula is C12H13N5. The molecule has 0 spiro atoms. The third kappa shape index (κ3) is 1.32. The minimum atomic E-state index is 0.543. The Morgan fingerprint density at radius 1 is 1.35 bits per heavy atom. The van der Waals surface area contributed by atoms with Crippen LogP contribution < -0.4 is 5.73 Å². The number of aromatic amines is 1. The van der Waals surface area contributed by atoms with Crippen LogP contribution in [-0.2, 0) is 7.05 Å². The molecule has 3 aromatic rings. The van der Waals surface area contributed by atoms with Crippen LogP contribution in [0.1, 0.15) is 5.56 Å². The van der Waals surface area contributed by atoms with Crippen molar-refractivity contribution >= 4 is 16.9 Å². The van der Waals surface area contributed by atoms with E-state index >= 15 is 0 Å². The van der Waals surface area contributed by atoms with Gasteiger partial charge in [-0.3, -0.25) is 5.10 Å². The number of H-pyrrole nitrogens is 1. The number of imidazole rings is 1. The molecule has 0 amide bonds. The average molecular weight is 227 g/mol. The van der Waals surface area contributed by atoms with Crippen LogP contribution in [0, 0.1) is 6.92 Å². The van der Waals surface area contributed by atoms with E-state index in [9.17, 15) is 0 Å². The highest BCUT2D eigenvalue weighted by atomic mass is 15.2. The van der Waals surface area contributed by atoms with Gasteiger partial charge in [0.2, 0.25) is 0 Å². The van der Waals surface area contributed by atoms with E-state index in [1.807, 2.05) is 23.7 Å². The van der Waals surface area contributed by atoms with Crippen molar-refractivity contribution in [2.45, 2.75) is 6.92 Å². The van der Waals surface area contributed by atoms with E-state index < -0.39 is 0 Å². The van der Waals surface area contributed by atoms with E-state index in [2.05, 4.69) is 28.2 Å². The van der Waals surface area contributed by atoms with Crippen molar-refractivity contribution in [2.24, 2.45) is 7.05 Å². The molecule has 0 aliphatic rings. The minimum Gasteiger partial charge on any atom is -0.383 e. The Hall–Kier alpha value is -2.30. The average Bonchev–Trinajstić information content (AvgIpc) is 2.84. The molecule has 0 unspecified atom stereocenters.